The summed E-state index contributed by atoms with van der Waals surface area (Å²) in [5.41, 5.74) is 7.00. The molecular formula is C17H28N2O2. The molecule has 0 aliphatic heterocycles. The molecule has 0 heterocycles. The molecule has 0 spiro atoms. The van der Waals surface area contributed by atoms with E-state index in [0.717, 1.165) is 5.75 Å². The van der Waals surface area contributed by atoms with Crippen LogP contribution in [-0.4, -0.2) is 24.6 Å². The lowest BCUT2D eigenvalue weighted by atomic mass is 9.87. The van der Waals surface area contributed by atoms with E-state index in [1.54, 1.807) is 0 Å². The Balaban J connectivity index is 2.43. The fourth-order valence-corrected chi connectivity index (χ4v) is 1.94. The molecule has 1 aromatic carbocycles. The van der Waals surface area contributed by atoms with Gasteiger partial charge in [0.1, 0.15) is 12.4 Å². The summed E-state index contributed by atoms with van der Waals surface area (Å²) in [5.74, 6) is 0.778. The number of hydrogen-bond donors (Lipinski definition) is 2. The van der Waals surface area contributed by atoms with Gasteiger partial charge in [-0.15, -0.1) is 0 Å². The van der Waals surface area contributed by atoms with Gasteiger partial charge in [0, 0.05) is 12.5 Å². The van der Waals surface area contributed by atoms with Crippen molar-refractivity contribution in [3.05, 3.63) is 29.8 Å². The molecule has 0 aromatic heterocycles. The first-order chi connectivity index (χ1) is 9.68. The van der Waals surface area contributed by atoms with E-state index in [0.29, 0.717) is 13.0 Å². The van der Waals surface area contributed by atoms with Crippen LogP contribution in [-0.2, 0) is 10.2 Å². The van der Waals surface area contributed by atoms with Crippen LogP contribution in [0.15, 0.2) is 24.3 Å². The Labute approximate surface area is 128 Å². The van der Waals surface area contributed by atoms with Crippen molar-refractivity contribution in [2.75, 3.05) is 6.61 Å². The molecule has 4 nitrogen and oxygen atoms in total. The van der Waals surface area contributed by atoms with Crippen LogP contribution in [0.3, 0.4) is 0 Å². The van der Waals surface area contributed by atoms with Crippen LogP contribution in [0.25, 0.3) is 0 Å². The second-order valence-electron chi connectivity index (χ2n) is 6.74. The molecule has 0 radical (unpaired) electrons. The second-order valence-corrected chi connectivity index (χ2v) is 6.74. The molecule has 0 bridgehead atoms. The Morgan fingerprint density at radius 1 is 1.24 bits per heavy atom. The fraction of sp³-hybridized carbons (Fsp3) is 0.588. The van der Waals surface area contributed by atoms with Crippen molar-refractivity contribution in [2.24, 2.45) is 5.73 Å². The fourth-order valence-electron chi connectivity index (χ4n) is 1.94. The van der Waals surface area contributed by atoms with Crippen LogP contribution in [0.2, 0.25) is 0 Å². The summed E-state index contributed by atoms with van der Waals surface area (Å²) < 4.78 is 5.70. The number of amides is 1. The van der Waals surface area contributed by atoms with E-state index >= 15 is 0 Å². The van der Waals surface area contributed by atoms with Gasteiger partial charge in [0.15, 0.2) is 0 Å². The van der Waals surface area contributed by atoms with Gasteiger partial charge >= 0.3 is 0 Å². The van der Waals surface area contributed by atoms with Gasteiger partial charge in [-0.3, -0.25) is 4.79 Å². The third-order valence-corrected chi connectivity index (χ3v) is 3.14. The van der Waals surface area contributed by atoms with Gasteiger partial charge in [-0.25, -0.2) is 0 Å². The number of carbonyl (C=O) groups excluding carboxylic acids is 1. The number of nitrogens with one attached hydrogen (secondary N) is 1. The predicted molar refractivity (Wildman–Crippen MR) is 86.5 cm³/mol. The van der Waals surface area contributed by atoms with Crippen molar-refractivity contribution in [1.82, 2.24) is 5.32 Å². The lowest BCUT2D eigenvalue weighted by molar-refractivity contribution is -0.122. The van der Waals surface area contributed by atoms with Crippen LogP contribution in [0.4, 0.5) is 0 Å². The zero-order valence-electron chi connectivity index (χ0n) is 13.8. The molecule has 0 saturated heterocycles. The summed E-state index contributed by atoms with van der Waals surface area (Å²) in [5, 5.41) is 2.87. The summed E-state index contributed by atoms with van der Waals surface area (Å²) in [7, 11) is 0. The van der Waals surface area contributed by atoms with Crippen LogP contribution in [0.5, 0.6) is 5.75 Å². The molecule has 2 atom stereocenters. The summed E-state index contributed by atoms with van der Waals surface area (Å²) in [6.07, 6.45) is 0.338. The maximum absolute atomic E-state index is 11.6. The first-order valence-corrected chi connectivity index (χ1v) is 7.47. The molecule has 1 aromatic rings. The molecule has 3 N–H and O–H groups in total. The van der Waals surface area contributed by atoms with Gasteiger partial charge in [0.05, 0.1) is 6.04 Å². The van der Waals surface area contributed by atoms with Gasteiger partial charge in [-0.2, -0.15) is 0 Å². The molecule has 0 aliphatic carbocycles. The van der Waals surface area contributed by atoms with Crippen molar-refractivity contribution in [3.63, 3.8) is 0 Å². The number of benzene rings is 1. The minimum absolute atomic E-state index is 0.0378. The molecular weight excluding hydrogens is 264 g/mol. The summed E-state index contributed by atoms with van der Waals surface area (Å²) >= 11 is 0. The monoisotopic (exact) mass is 292 g/mol. The van der Waals surface area contributed by atoms with Crippen LogP contribution >= 0.6 is 0 Å². The van der Waals surface area contributed by atoms with Crippen molar-refractivity contribution in [1.29, 1.82) is 0 Å². The van der Waals surface area contributed by atoms with Gasteiger partial charge < -0.3 is 15.8 Å². The summed E-state index contributed by atoms with van der Waals surface area (Å²) in [6.45, 7) is 10.7. The Kier molecular flexibility index (Phi) is 6.21. The average molecular weight is 292 g/mol. The van der Waals surface area contributed by atoms with Crippen molar-refractivity contribution >= 4 is 5.91 Å². The van der Waals surface area contributed by atoms with E-state index in [-0.39, 0.29) is 23.4 Å². The molecule has 0 fully saturated rings. The van der Waals surface area contributed by atoms with Crippen LogP contribution in [0, 0.1) is 0 Å². The first kappa shape index (κ1) is 17.5. The molecule has 0 aliphatic rings. The van der Waals surface area contributed by atoms with E-state index in [9.17, 15) is 4.79 Å². The topological polar surface area (TPSA) is 64.4 Å². The molecule has 2 unspecified atom stereocenters. The second kappa shape index (κ2) is 7.46. The summed E-state index contributed by atoms with van der Waals surface area (Å²) in [6, 6.07) is 7.93. The third kappa shape index (κ3) is 6.63. The standard InChI is InChI=1S/C17H28N2O2/c1-12(18)10-16(20)19-13(2)11-21-15-8-6-14(7-9-15)17(3,4)5/h6-9,12-13H,10-11,18H2,1-5H3,(H,19,20). The highest BCUT2D eigenvalue weighted by molar-refractivity contribution is 5.76. The van der Waals surface area contributed by atoms with Gasteiger partial charge in [0.25, 0.3) is 0 Å². The van der Waals surface area contributed by atoms with Gasteiger partial charge in [-0.1, -0.05) is 32.9 Å². The van der Waals surface area contributed by atoms with Gasteiger partial charge in [0.2, 0.25) is 5.91 Å². The van der Waals surface area contributed by atoms with E-state index < -0.39 is 0 Å². The maximum atomic E-state index is 11.6. The van der Waals surface area contributed by atoms with Crippen LogP contribution < -0.4 is 15.8 Å². The van der Waals surface area contributed by atoms with E-state index in [4.69, 9.17) is 10.5 Å². The molecule has 1 rings (SSSR count). The Morgan fingerprint density at radius 3 is 2.29 bits per heavy atom. The highest BCUT2D eigenvalue weighted by atomic mass is 16.5. The Hall–Kier alpha value is -1.55. The van der Waals surface area contributed by atoms with Crippen molar-refractivity contribution < 1.29 is 9.53 Å². The highest BCUT2D eigenvalue weighted by Crippen LogP contribution is 2.24. The quantitative estimate of drug-likeness (QED) is 0.847. The van der Waals surface area contributed by atoms with Crippen molar-refractivity contribution in [3.8, 4) is 5.75 Å². The number of nitrogens with two attached hydrogens (primary N) is 1. The lowest BCUT2D eigenvalue weighted by Gasteiger charge is -2.20. The minimum atomic E-state index is -0.122. The third-order valence-electron chi connectivity index (χ3n) is 3.14. The Bertz CT molecular complexity index is 447. The largest absolute Gasteiger partial charge is 0.491 e. The smallest absolute Gasteiger partial charge is 0.221 e. The number of rotatable bonds is 6. The normalized spacial score (nSPS) is 14.4. The molecule has 0 saturated carbocycles. The zero-order valence-corrected chi connectivity index (χ0v) is 13.8. The number of ether oxygens (including phenoxy) is 1. The van der Waals surface area contributed by atoms with E-state index in [1.807, 2.05) is 26.0 Å². The SMILES string of the molecule is CC(N)CC(=O)NC(C)COc1ccc(C(C)(C)C)cc1. The molecule has 1 amide bonds. The molecule has 118 valence electrons. The summed E-state index contributed by atoms with van der Waals surface area (Å²) in [4.78, 5) is 11.6. The average Bonchev–Trinajstić information content (AvgIpc) is 2.34. The first-order valence-electron chi connectivity index (χ1n) is 7.47. The molecule has 4 heteroatoms. The lowest BCUT2D eigenvalue weighted by Crippen LogP contribution is -2.39. The predicted octanol–water partition coefficient (Wildman–Crippen LogP) is 2.60. The van der Waals surface area contributed by atoms with E-state index in [1.165, 1.54) is 5.56 Å². The number of carbonyl (C=O) groups is 1. The molecule has 21 heavy (non-hydrogen) atoms. The number of hydrogen-bond acceptors (Lipinski definition) is 3. The van der Waals surface area contributed by atoms with Crippen LogP contribution in [0.1, 0.15) is 46.6 Å². The zero-order chi connectivity index (χ0) is 16.0. The highest BCUT2D eigenvalue weighted by Gasteiger charge is 2.13. The maximum Gasteiger partial charge on any atom is 0.221 e. The van der Waals surface area contributed by atoms with E-state index in [2.05, 4.69) is 38.2 Å². The van der Waals surface area contributed by atoms with Crippen molar-refractivity contribution in [2.45, 2.75) is 58.5 Å². The Morgan fingerprint density at radius 2 is 1.81 bits per heavy atom. The minimum Gasteiger partial charge on any atom is -0.491 e. The van der Waals surface area contributed by atoms with Gasteiger partial charge in [-0.05, 0) is 37.0 Å².